The van der Waals surface area contributed by atoms with E-state index in [1.165, 1.54) is 32.3 Å². The Hall–Kier alpha value is -2.03. The number of sulfonamides is 1. The Morgan fingerprint density at radius 2 is 1.88 bits per heavy atom. The number of nitrogens with zero attached hydrogens (tertiary/aromatic N) is 1. The summed E-state index contributed by atoms with van der Waals surface area (Å²) in [6.07, 6.45) is 0.924. The molecule has 0 amide bonds. The van der Waals surface area contributed by atoms with Crippen LogP contribution in [0.15, 0.2) is 39.6 Å². The number of nitrogens with two attached hydrogens (primary N) is 2. The summed E-state index contributed by atoms with van der Waals surface area (Å²) in [6, 6.07) is 8.15. The first-order valence-corrected chi connectivity index (χ1v) is 8.87. The summed E-state index contributed by atoms with van der Waals surface area (Å²) in [6.45, 7) is 3.97. The lowest BCUT2D eigenvalue weighted by Gasteiger charge is -2.13. The van der Waals surface area contributed by atoms with Crippen LogP contribution in [0.5, 0.6) is 5.75 Å². The van der Waals surface area contributed by atoms with Crippen molar-refractivity contribution in [2.24, 2.45) is 5.73 Å². The van der Waals surface area contributed by atoms with Crippen LogP contribution in [-0.4, -0.2) is 31.9 Å². The minimum atomic E-state index is -3.63. The molecule has 0 saturated carbocycles. The Kier molecular flexibility index (Phi) is 6.82. The van der Waals surface area contributed by atoms with E-state index in [1.807, 2.05) is 26.0 Å². The Balaban J connectivity index is 0.000000254. The quantitative estimate of drug-likeness (QED) is 0.571. The van der Waals surface area contributed by atoms with Crippen molar-refractivity contribution >= 4 is 15.7 Å². The van der Waals surface area contributed by atoms with Gasteiger partial charge in [0.15, 0.2) is 5.75 Å². The fourth-order valence-electron chi connectivity index (χ4n) is 1.80. The normalized spacial score (nSPS) is 12.6. The van der Waals surface area contributed by atoms with Crippen LogP contribution in [0.3, 0.4) is 0 Å². The molecule has 0 spiro atoms. The van der Waals surface area contributed by atoms with E-state index >= 15 is 0 Å². The fourth-order valence-corrected chi connectivity index (χ4v) is 2.80. The maximum Gasteiger partial charge on any atom is 0.246 e. The monoisotopic (exact) mass is 355 g/mol. The topological polar surface area (TPSA) is 123 Å². The minimum Gasteiger partial charge on any atom is -0.504 e. The first-order chi connectivity index (χ1) is 11.1. The van der Waals surface area contributed by atoms with Crippen LogP contribution in [0, 0.1) is 6.92 Å². The van der Waals surface area contributed by atoms with E-state index in [1.54, 1.807) is 0 Å². The lowest BCUT2D eigenvalue weighted by Crippen LogP contribution is -2.22. The molecule has 5 N–H and O–H groups in total. The molecule has 0 aliphatic heterocycles. The summed E-state index contributed by atoms with van der Waals surface area (Å²) in [5, 5.41) is 9.45. The number of aromatic hydroxyl groups is 1. The maximum absolute atomic E-state index is 11.6. The average Bonchev–Trinajstić information content (AvgIpc) is 2.96. The predicted molar refractivity (Wildman–Crippen MR) is 94.1 cm³/mol. The molecule has 7 nitrogen and oxygen atoms in total. The molecule has 8 heteroatoms. The highest BCUT2D eigenvalue weighted by molar-refractivity contribution is 7.89. The summed E-state index contributed by atoms with van der Waals surface area (Å²) < 4.78 is 29.6. The Bertz CT molecular complexity index is 769. The number of hydrogen-bond donors (Lipinski definition) is 3. The molecule has 0 saturated heterocycles. The number of phenols is 1. The lowest BCUT2D eigenvalue weighted by molar-refractivity contribution is 0.441. The van der Waals surface area contributed by atoms with Gasteiger partial charge in [0.1, 0.15) is 16.4 Å². The van der Waals surface area contributed by atoms with Gasteiger partial charge in [-0.2, -0.15) is 0 Å². The fraction of sp³-hybridized carbons (Fsp3) is 0.375. The molecule has 2 aromatic rings. The summed E-state index contributed by atoms with van der Waals surface area (Å²) >= 11 is 0. The largest absolute Gasteiger partial charge is 0.504 e. The number of benzene rings is 1. The third-order valence-corrected chi connectivity index (χ3v) is 5.20. The Morgan fingerprint density at radius 3 is 2.33 bits per heavy atom. The van der Waals surface area contributed by atoms with Gasteiger partial charge in [0, 0.05) is 14.1 Å². The van der Waals surface area contributed by atoms with E-state index in [9.17, 15) is 13.5 Å². The molecule has 24 heavy (non-hydrogen) atoms. The Labute approximate surface area is 142 Å². The summed E-state index contributed by atoms with van der Waals surface area (Å²) in [7, 11) is -0.853. The first kappa shape index (κ1) is 20.0. The second-order valence-corrected chi connectivity index (χ2v) is 7.56. The number of rotatable bonds is 4. The highest BCUT2D eigenvalue weighted by Gasteiger charge is 2.21. The van der Waals surface area contributed by atoms with E-state index in [0.717, 1.165) is 22.2 Å². The van der Waals surface area contributed by atoms with Crippen molar-refractivity contribution in [1.82, 2.24) is 4.31 Å². The van der Waals surface area contributed by atoms with E-state index in [0.29, 0.717) is 0 Å². The standard InChI is InChI=1S/C8H12N2O3S.C8H13NO/c1-10(2)14(12,13)7-5-3-4-6(9)8(7)11;1-3-7(9)8-5-4-6(2)10-8/h3-5,11H,9H2,1-2H3;4-5,7H,3,9H2,1-2H3/t;7-/m.1/s1. The molecule has 1 heterocycles. The molecule has 0 bridgehead atoms. The molecule has 2 rings (SSSR count). The summed E-state index contributed by atoms with van der Waals surface area (Å²) in [5.74, 6) is 1.42. The van der Waals surface area contributed by atoms with Gasteiger partial charge in [-0.05, 0) is 37.6 Å². The zero-order valence-corrected chi connectivity index (χ0v) is 15.2. The van der Waals surface area contributed by atoms with Crippen LogP contribution in [0.4, 0.5) is 5.69 Å². The van der Waals surface area contributed by atoms with E-state index in [4.69, 9.17) is 15.9 Å². The van der Waals surface area contributed by atoms with Crippen molar-refractivity contribution in [3.63, 3.8) is 0 Å². The summed E-state index contributed by atoms with van der Waals surface area (Å²) in [4.78, 5) is -0.178. The van der Waals surface area contributed by atoms with Gasteiger partial charge in [-0.25, -0.2) is 12.7 Å². The highest BCUT2D eigenvalue weighted by Crippen LogP contribution is 2.29. The van der Waals surface area contributed by atoms with Gasteiger partial charge in [0.2, 0.25) is 10.0 Å². The van der Waals surface area contributed by atoms with Crippen LogP contribution in [0.2, 0.25) is 0 Å². The molecule has 0 fully saturated rings. The maximum atomic E-state index is 11.6. The molecule has 0 radical (unpaired) electrons. The van der Waals surface area contributed by atoms with Gasteiger partial charge in [0.05, 0.1) is 11.7 Å². The van der Waals surface area contributed by atoms with E-state index < -0.39 is 15.8 Å². The van der Waals surface area contributed by atoms with Crippen molar-refractivity contribution in [2.45, 2.75) is 31.2 Å². The smallest absolute Gasteiger partial charge is 0.246 e. The first-order valence-electron chi connectivity index (χ1n) is 7.43. The minimum absolute atomic E-state index is 0.0490. The van der Waals surface area contributed by atoms with Gasteiger partial charge < -0.3 is 21.0 Å². The van der Waals surface area contributed by atoms with Gasteiger partial charge in [-0.3, -0.25) is 0 Å². The lowest BCUT2D eigenvalue weighted by atomic mass is 10.2. The van der Waals surface area contributed by atoms with Crippen LogP contribution in [0.25, 0.3) is 0 Å². The van der Waals surface area contributed by atoms with Gasteiger partial charge in [-0.15, -0.1) is 0 Å². The third-order valence-electron chi connectivity index (χ3n) is 3.36. The average molecular weight is 355 g/mol. The van der Waals surface area contributed by atoms with E-state index in [2.05, 4.69) is 0 Å². The van der Waals surface area contributed by atoms with Crippen molar-refractivity contribution in [2.75, 3.05) is 19.8 Å². The van der Waals surface area contributed by atoms with Crippen LogP contribution < -0.4 is 11.5 Å². The second-order valence-electron chi connectivity index (χ2n) is 5.44. The van der Waals surface area contributed by atoms with Gasteiger partial charge in [-0.1, -0.05) is 13.0 Å². The number of phenolic OH excluding ortho intramolecular Hbond substituents is 1. The molecule has 134 valence electrons. The number of hydrogen-bond acceptors (Lipinski definition) is 6. The van der Waals surface area contributed by atoms with Crippen molar-refractivity contribution in [3.8, 4) is 5.75 Å². The number of furan rings is 1. The van der Waals surface area contributed by atoms with Crippen molar-refractivity contribution in [1.29, 1.82) is 0 Å². The molecule has 0 aliphatic carbocycles. The SMILES string of the molecule is CC[C@@H](N)c1ccc(C)o1.CN(C)S(=O)(=O)c1cccc(N)c1O. The van der Waals surface area contributed by atoms with Crippen molar-refractivity contribution in [3.05, 3.63) is 41.9 Å². The van der Waals surface area contributed by atoms with Gasteiger partial charge in [0.25, 0.3) is 0 Å². The molecule has 1 aromatic carbocycles. The third kappa shape index (κ3) is 4.73. The zero-order chi connectivity index (χ0) is 18.5. The molecule has 1 atom stereocenters. The number of anilines is 1. The molecule has 0 unspecified atom stereocenters. The van der Waals surface area contributed by atoms with Crippen LogP contribution >= 0.6 is 0 Å². The van der Waals surface area contributed by atoms with Crippen molar-refractivity contribution < 1.29 is 17.9 Å². The number of aryl methyl sites for hydroxylation is 1. The second kappa shape index (κ2) is 8.18. The zero-order valence-electron chi connectivity index (χ0n) is 14.4. The Morgan fingerprint density at radius 1 is 1.25 bits per heavy atom. The molecular weight excluding hydrogens is 330 g/mol. The summed E-state index contributed by atoms with van der Waals surface area (Å²) in [5.41, 5.74) is 11.1. The predicted octanol–water partition coefficient (Wildman–Crippen LogP) is 2.22. The van der Waals surface area contributed by atoms with E-state index in [-0.39, 0.29) is 16.6 Å². The molecule has 0 aliphatic rings. The van der Waals surface area contributed by atoms with Crippen LogP contribution in [0.1, 0.15) is 30.9 Å². The van der Waals surface area contributed by atoms with Gasteiger partial charge >= 0.3 is 0 Å². The highest BCUT2D eigenvalue weighted by atomic mass is 32.2. The number of nitrogen functional groups attached to an aromatic ring is 1. The van der Waals surface area contributed by atoms with Crippen LogP contribution in [-0.2, 0) is 10.0 Å². The molecular formula is C16H25N3O4S. The number of para-hydroxylation sites is 1. The molecule has 1 aromatic heterocycles.